The zero-order chi connectivity index (χ0) is 15.5. The van der Waals surface area contributed by atoms with E-state index in [1.165, 1.54) is 13.3 Å². The highest BCUT2D eigenvalue weighted by molar-refractivity contribution is 5.51. The van der Waals surface area contributed by atoms with E-state index in [-0.39, 0.29) is 5.41 Å². The van der Waals surface area contributed by atoms with E-state index in [1.807, 2.05) is 6.07 Å². The molecule has 3 nitrogen and oxygen atoms in total. The van der Waals surface area contributed by atoms with Crippen LogP contribution in [-0.2, 0) is 5.41 Å². The van der Waals surface area contributed by atoms with Crippen LogP contribution < -0.4 is 15.2 Å². The van der Waals surface area contributed by atoms with Crippen LogP contribution in [0.15, 0.2) is 12.1 Å². The number of methoxy groups -OCH3 is 2. The quantitative estimate of drug-likeness (QED) is 0.896. The first-order chi connectivity index (χ1) is 10.1. The van der Waals surface area contributed by atoms with Crippen molar-refractivity contribution in [2.24, 2.45) is 5.73 Å². The third-order valence-corrected chi connectivity index (χ3v) is 4.75. The summed E-state index contributed by atoms with van der Waals surface area (Å²) in [5.41, 5.74) is 7.62. The average molecular weight is 295 g/mol. The minimum atomic E-state index is -1.08. The molecule has 0 spiro atoms. The minimum absolute atomic E-state index is 0.0977. The van der Waals surface area contributed by atoms with Gasteiger partial charge < -0.3 is 15.2 Å². The molecule has 1 fully saturated rings. The molecular formula is C17H26FNO2. The Morgan fingerprint density at radius 2 is 1.76 bits per heavy atom. The molecule has 0 heterocycles. The van der Waals surface area contributed by atoms with Gasteiger partial charge in [-0.3, -0.25) is 0 Å². The highest BCUT2D eigenvalue weighted by Gasteiger charge is 2.36. The van der Waals surface area contributed by atoms with Crippen molar-refractivity contribution < 1.29 is 13.9 Å². The summed E-state index contributed by atoms with van der Waals surface area (Å²) in [7, 11) is 3.20. The van der Waals surface area contributed by atoms with Gasteiger partial charge in [0.1, 0.15) is 17.7 Å². The molecule has 1 unspecified atom stereocenters. The summed E-state index contributed by atoms with van der Waals surface area (Å²) < 4.78 is 24.8. The monoisotopic (exact) mass is 295 g/mol. The highest BCUT2D eigenvalue weighted by atomic mass is 19.1. The second-order valence-electron chi connectivity index (χ2n) is 5.96. The molecule has 1 aromatic carbocycles. The van der Waals surface area contributed by atoms with E-state index in [0.717, 1.165) is 37.0 Å². The normalized spacial score (nSPS) is 19.1. The van der Waals surface area contributed by atoms with Crippen LogP contribution in [0.1, 0.15) is 56.3 Å². The predicted octanol–water partition coefficient (Wildman–Crippen LogP) is 3.89. The van der Waals surface area contributed by atoms with Gasteiger partial charge in [-0.15, -0.1) is 0 Å². The fraction of sp³-hybridized carbons (Fsp3) is 0.647. The van der Waals surface area contributed by atoms with Crippen LogP contribution in [0.5, 0.6) is 11.5 Å². The number of halogens is 1. The Labute approximate surface area is 126 Å². The molecule has 2 rings (SSSR count). The summed E-state index contributed by atoms with van der Waals surface area (Å²) in [5, 5.41) is 0. The number of nitrogens with two attached hydrogens (primary N) is 1. The molecule has 0 amide bonds. The molecule has 1 aliphatic carbocycles. The summed E-state index contributed by atoms with van der Waals surface area (Å²) >= 11 is 0. The fourth-order valence-electron chi connectivity index (χ4n) is 3.46. The lowest BCUT2D eigenvalue weighted by molar-refractivity contribution is 0.284. The van der Waals surface area contributed by atoms with Crippen LogP contribution in [0.25, 0.3) is 0 Å². The summed E-state index contributed by atoms with van der Waals surface area (Å²) in [6.07, 6.45) is 4.55. The Morgan fingerprint density at radius 3 is 2.24 bits per heavy atom. The van der Waals surface area contributed by atoms with Gasteiger partial charge in [0, 0.05) is 29.2 Å². The van der Waals surface area contributed by atoms with Crippen molar-refractivity contribution in [3.8, 4) is 11.5 Å². The van der Waals surface area contributed by atoms with Gasteiger partial charge in [0.25, 0.3) is 0 Å². The van der Waals surface area contributed by atoms with Crippen molar-refractivity contribution in [3.05, 3.63) is 23.3 Å². The molecule has 0 aliphatic heterocycles. The lowest BCUT2D eigenvalue weighted by Crippen LogP contribution is -2.37. The van der Waals surface area contributed by atoms with Gasteiger partial charge in [0.05, 0.1) is 14.2 Å². The fourth-order valence-corrected chi connectivity index (χ4v) is 3.46. The van der Waals surface area contributed by atoms with Gasteiger partial charge >= 0.3 is 0 Å². The Bertz CT molecular complexity index is 482. The molecule has 0 saturated heterocycles. The lowest BCUT2D eigenvalue weighted by atomic mass is 9.68. The van der Waals surface area contributed by atoms with Crippen LogP contribution in [0.3, 0.4) is 0 Å². The third-order valence-electron chi connectivity index (χ3n) is 4.75. The molecule has 1 saturated carbocycles. The number of rotatable bonds is 5. The first-order valence-electron chi connectivity index (χ1n) is 7.68. The van der Waals surface area contributed by atoms with Gasteiger partial charge in [-0.25, -0.2) is 4.39 Å². The highest BCUT2D eigenvalue weighted by Crippen LogP contribution is 2.45. The SMILES string of the molecule is COc1cc(OC)c(C2(CN)CCCCC2)cc1C(C)F. The summed E-state index contributed by atoms with van der Waals surface area (Å²) in [6.45, 7) is 2.10. The zero-order valence-corrected chi connectivity index (χ0v) is 13.2. The van der Waals surface area contributed by atoms with Gasteiger partial charge in [-0.1, -0.05) is 19.3 Å². The topological polar surface area (TPSA) is 44.5 Å². The van der Waals surface area contributed by atoms with Crippen molar-refractivity contribution in [3.63, 3.8) is 0 Å². The smallest absolute Gasteiger partial charge is 0.128 e. The molecule has 1 aromatic rings. The van der Waals surface area contributed by atoms with Crippen LogP contribution in [0, 0.1) is 0 Å². The van der Waals surface area contributed by atoms with E-state index in [9.17, 15) is 4.39 Å². The molecule has 0 bridgehead atoms. The number of benzene rings is 1. The minimum Gasteiger partial charge on any atom is -0.496 e. The zero-order valence-electron chi connectivity index (χ0n) is 13.2. The summed E-state index contributed by atoms with van der Waals surface area (Å²) in [6, 6.07) is 3.70. The van der Waals surface area contributed by atoms with Crippen LogP contribution >= 0.6 is 0 Å². The van der Waals surface area contributed by atoms with Crippen molar-refractivity contribution >= 4 is 0 Å². The van der Waals surface area contributed by atoms with E-state index in [1.54, 1.807) is 20.3 Å². The largest absolute Gasteiger partial charge is 0.496 e. The Hall–Kier alpha value is -1.29. The predicted molar refractivity (Wildman–Crippen MR) is 82.9 cm³/mol. The summed E-state index contributed by atoms with van der Waals surface area (Å²) in [5.74, 6) is 1.29. The van der Waals surface area contributed by atoms with E-state index in [4.69, 9.17) is 15.2 Å². The molecule has 4 heteroatoms. The number of ether oxygens (including phenoxy) is 2. The molecule has 0 aromatic heterocycles. The van der Waals surface area contributed by atoms with E-state index in [0.29, 0.717) is 17.9 Å². The number of hydrogen-bond acceptors (Lipinski definition) is 3. The average Bonchev–Trinajstić information content (AvgIpc) is 2.53. The van der Waals surface area contributed by atoms with Crippen molar-refractivity contribution in [1.82, 2.24) is 0 Å². The van der Waals surface area contributed by atoms with Crippen LogP contribution in [0.2, 0.25) is 0 Å². The van der Waals surface area contributed by atoms with E-state index < -0.39 is 6.17 Å². The lowest BCUT2D eigenvalue weighted by Gasteiger charge is -2.38. The Balaban J connectivity index is 2.57. The van der Waals surface area contributed by atoms with E-state index in [2.05, 4.69) is 0 Å². The first-order valence-corrected chi connectivity index (χ1v) is 7.68. The maximum Gasteiger partial charge on any atom is 0.128 e. The second-order valence-corrected chi connectivity index (χ2v) is 5.96. The van der Waals surface area contributed by atoms with Gasteiger partial charge in [0.15, 0.2) is 0 Å². The maximum absolute atomic E-state index is 13.9. The Kier molecular flexibility index (Phi) is 5.09. The molecule has 1 atom stereocenters. The van der Waals surface area contributed by atoms with Gasteiger partial charge in [-0.05, 0) is 25.8 Å². The van der Waals surface area contributed by atoms with Crippen LogP contribution in [0.4, 0.5) is 4.39 Å². The molecule has 118 valence electrons. The molecule has 0 radical (unpaired) electrons. The summed E-state index contributed by atoms with van der Waals surface area (Å²) in [4.78, 5) is 0. The van der Waals surface area contributed by atoms with Crippen molar-refractivity contribution in [2.75, 3.05) is 20.8 Å². The molecule has 2 N–H and O–H groups in total. The molecule has 21 heavy (non-hydrogen) atoms. The Morgan fingerprint density at radius 1 is 1.14 bits per heavy atom. The number of alkyl halides is 1. The molecule has 1 aliphatic rings. The van der Waals surface area contributed by atoms with Gasteiger partial charge in [0.2, 0.25) is 0 Å². The third kappa shape index (κ3) is 3.00. The van der Waals surface area contributed by atoms with Crippen molar-refractivity contribution in [1.29, 1.82) is 0 Å². The maximum atomic E-state index is 13.9. The molecular weight excluding hydrogens is 269 g/mol. The van der Waals surface area contributed by atoms with Gasteiger partial charge in [-0.2, -0.15) is 0 Å². The first kappa shape index (κ1) is 16.1. The standard InChI is InChI=1S/C17H26FNO2/c1-12(18)13-9-14(16(21-3)10-15(13)20-2)17(11-19)7-5-4-6-8-17/h9-10,12H,4-8,11,19H2,1-3H3. The van der Waals surface area contributed by atoms with Crippen molar-refractivity contribution in [2.45, 2.75) is 50.6 Å². The number of hydrogen-bond donors (Lipinski definition) is 1. The van der Waals surface area contributed by atoms with Crippen LogP contribution in [-0.4, -0.2) is 20.8 Å². The van der Waals surface area contributed by atoms with E-state index >= 15 is 0 Å². The second kappa shape index (κ2) is 6.65.